The molecular weight excluding hydrogens is 424 g/mol. The molecule has 6 nitrogen and oxygen atoms in total. The van der Waals surface area contributed by atoms with E-state index in [0.29, 0.717) is 12.1 Å². The number of aromatic nitrogens is 1. The van der Waals surface area contributed by atoms with E-state index in [1.165, 1.54) is 24.0 Å². The van der Waals surface area contributed by atoms with Gasteiger partial charge in [-0.1, -0.05) is 29.4 Å². The summed E-state index contributed by atoms with van der Waals surface area (Å²) in [5, 5.41) is 25.0. The van der Waals surface area contributed by atoms with Crippen molar-refractivity contribution >= 4 is 17.5 Å². The number of thioether (sulfide) groups is 1. The first-order chi connectivity index (χ1) is 15.0. The third-order valence-corrected chi connectivity index (χ3v) is 6.83. The van der Waals surface area contributed by atoms with E-state index >= 15 is 0 Å². The number of nitrogens with zero attached hydrogens (tertiary/aromatic N) is 3. The standard InChI is InChI=1S/C22H17F2N3O3S/c23-15-6-5-12-14(19(15)24)11-31-18-4-2-1-3-13(18)20(12)26-9-7-16(25-30)21-22(29)17(28)8-10-27(21)26/h1-6,8,10,20,29-30H,7,9,11H2/b25-16+/t20-/m0/s1. The molecule has 0 saturated carbocycles. The topological polar surface area (TPSA) is 78.1 Å². The maximum atomic E-state index is 14.8. The van der Waals surface area contributed by atoms with E-state index in [1.54, 1.807) is 10.7 Å². The average Bonchev–Trinajstić information content (AvgIpc) is 2.95. The van der Waals surface area contributed by atoms with Crippen LogP contribution in [0.25, 0.3) is 0 Å². The molecule has 31 heavy (non-hydrogen) atoms. The summed E-state index contributed by atoms with van der Waals surface area (Å²) < 4.78 is 30.4. The van der Waals surface area contributed by atoms with Gasteiger partial charge in [-0.05, 0) is 23.3 Å². The van der Waals surface area contributed by atoms with Crippen LogP contribution in [-0.2, 0) is 5.75 Å². The molecule has 2 aliphatic heterocycles. The quantitative estimate of drug-likeness (QED) is 0.444. The van der Waals surface area contributed by atoms with Crippen molar-refractivity contribution in [2.45, 2.75) is 23.1 Å². The fourth-order valence-electron chi connectivity index (χ4n) is 4.28. The van der Waals surface area contributed by atoms with Gasteiger partial charge in [0, 0.05) is 41.4 Å². The van der Waals surface area contributed by atoms with Gasteiger partial charge in [-0.2, -0.15) is 0 Å². The Balaban J connectivity index is 1.79. The van der Waals surface area contributed by atoms with Crippen LogP contribution in [0.3, 0.4) is 0 Å². The number of halogens is 2. The summed E-state index contributed by atoms with van der Waals surface area (Å²) in [6.45, 7) is 0.358. The van der Waals surface area contributed by atoms with Gasteiger partial charge in [0.15, 0.2) is 17.4 Å². The molecule has 5 rings (SSSR count). The highest BCUT2D eigenvalue weighted by molar-refractivity contribution is 7.98. The number of fused-ring (bicyclic) bond motifs is 3. The molecule has 9 heteroatoms. The lowest BCUT2D eigenvalue weighted by atomic mass is 9.93. The van der Waals surface area contributed by atoms with Crippen LogP contribution in [-0.4, -0.2) is 27.2 Å². The number of oxime groups is 1. The number of hydrogen-bond donors (Lipinski definition) is 2. The Bertz CT molecular complexity index is 1290. The predicted molar refractivity (Wildman–Crippen MR) is 113 cm³/mol. The van der Waals surface area contributed by atoms with Gasteiger partial charge in [0.2, 0.25) is 5.43 Å². The number of rotatable bonds is 1. The summed E-state index contributed by atoms with van der Waals surface area (Å²) in [4.78, 5) is 13.0. The monoisotopic (exact) mass is 441 g/mol. The molecule has 158 valence electrons. The molecule has 0 fully saturated rings. The molecule has 3 aromatic rings. The van der Waals surface area contributed by atoms with E-state index in [4.69, 9.17) is 0 Å². The molecule has 0 spiro atoms. The highest BCUT2D eigenvalue weighted by atomic mass is 32.2. The minimum Gasteiger partial charge on any atom is -0.503 e. The van der Waals surface area contributed by atoms with Gasteiger partial charge in [0.25, 0.3) is 0 Å². The third-order valence-electron chi connectivity index (χ3n) is 5.71. The first-order valence-corrected chi connectivity index (χ1v) is 10.6. The van der Waals surface area contributed by atoms with Crippen molar-refractivity contribution in [3.63, 3.8) is 0 Å². The zero-order valence-electron chi connectivity index (χ0n) is 16.1. The highest BCUT2D eigenvalue weighted by Gasteiger charge is 2.35. The summed E-state index contributed by atoms with van der Waals surface area (Å²) >= 11 is 1.43. The Morgan fingerprint density at radius 1 is 1.10 bits per heavy atom. The Hall–Kier alpha value is -3.33. The maximum absolute atomic E-state index is 14.8. The van der Waals surface area contributed by atoms with Crippen molar-refractivity contribution in [2.75, 3.05) is 11.6 Å². The fourth-order valence-corrected chi connectivity index (χ4v) is 5.40. The molecule has 1 aromatic heterocycles. The summed E-state index contributed by atoms with van der Waals surface area (Å²) in [7, 11) is 0. The van der Waals surface area contributed by atoms with Crippen LogP contribution in [0.4, 0.5) is 8.78 Å². The molecule has 2 N–H and O–H groups in total. The summed E-state index contributed by atoms with van der Waals surface area (Å²) in [5.74, 6) is -2.03. The first kappa shape index (κ1) is 19.6. The van der Waals surface area contributed by atoms with E-state index in [2.05, 4.69) is 5.16 Å². The van der Waals surface area contributed by atoms with E-state index < -0.39 is 28.9 Å². The van der Waals surface area contributed by atoms with Crippen molar-refractivity contribution in [3.05, 3.63) is 92.9 Å². The molecule has 0 unspecified atom stereocenters. The van der Waals surface area contributed by atoms with E-state index in [-0.39, 0.29) is 29.1 Å². The zero-order valence-corrected chi connectivity index (χ0v) is 16.9. The molecule has 0 bridgehead atoms. The normalized spacial score (nSPS) is 18.8. The number of hydrogen-bond acceptors (Lipinski definition) is 6. The minimum atomic E-state index is -0.904. The van der Waals surface area contributed by atoms with Gasteiger partial charge in [-0.3, -0.25) is 9.47 Å². The van der Waals surface area contributed by atoms with Crippen LogP contribution in [0.2, 0.25) is 0 Å². The van der Waals surface area contributed by atoms with Crippen LogP contribution in [0.5, 0.6) is 5.75 Å². The summed E-state index contributed by atoms with van der Waals surface area (Å²) in [6, 6.07) is 11.0. The molecule has 0 amide bonds. The van der Waals surface area contributed by atoms with Crippen LogP contribution in [0.15, 0.2) is 63.5 Å². The van der Waals surface area contributed by atoms with Crippen molar-refractivity contribution in [3.8, 4) is 5.75 Å². The highest BCUT2D eigenvalue weighted by Crippen LogP contribution is 2.43. The first-order valence-electron chi connectivity index (χ1n) is 9.62. The molecule has 1 atom stereocenters. The second kappa shape index (κ2) is 7.42. The maximum Gasteiger partial charge on any atom is 0.224 e. The predicted octanol–water partition coefficient (Wildman–Crippen LogP) is 3.75. The van der Waals surface area contributed by atoms with Crippen molar-refractivity contribution in [1.82, 2.24) is 4.68 Å². The lowest BCUT2D eigenvalue weighted by molar-refractivity contribution is 0.315. The zero-order chi connectivity index (χ0) is 21.7. The van der Waals surface area contributed by atoms with Gasteiger partial charge in [0.1, 0.15) is 11.4 Å². The van der Waals surface area contributed by atoms with Crippen LogP contribution in [0, 0.1) is 11.6 Å². The number of benzene rings is 2. The smallest absolute Gasteiger partial charge is 0.224 e. The molecule has 0 saturated heterocycles. The van der Waals surface area contributed by atoms with Gasteiger partial charge in [-0.25, -0.2) is 8.78 Å². The molecule has 3 heterocycles. The van der Waals surface area contributed by atoms with Crippen LogP contribution < -0.4 is 10.4 Å². The Labute approximate surface area is 180 Å². The SMILES string of the molecule is O=c1ccn2c(c1O)/C(=N/O)CCN2[C@@H]1c2ccccc2SCc2c1ccc(F)c2F. The Morgan fingerprint density at radius 3 is 2.71 bits per heavy atom. The molecule has 0 radical (unpaired) electrons. The molecular formula is C22H17F2N3O3S. The van der Waals surface area contributed by atoms with Gasteiger partial charge >= 0.3 is 0 Å². The van der Waals surface area contributed by atoms with Gasteiger partial charge < -0.3 is 15.3 Å². The van der Waals surface area contributed by atoms with Crippen molar-refractivity contribution in [2.24, 2.45) is 5.16 Å². The lowest BCUT2D eigenvalue weighted by Gasteiger charge is -2.40. The average molecular weight is 441 g/mol. The number of pyridine rings is 1. The molecule has 2 aliphatic rings. The Morgan fingerprint density at radius 2 is 1.90 bits per heavy atom. The second-order valence-electron chi connectivity index (χ2n) is 7.34. The third kappa shape index (κ3) is 2.99. The van der Waals surface area contributed by atoms with Crippen LogP contribution >= 0.6 is 11.8 Å². The Kier molecular flexibility index (Phi) is 4.70. The van der Waals surface area contributed by atoms with E-state index in [0.717, 1.165) is 16.5 Å². The largest absolute Gasteiger partial charge is 0.503 e. The fraction of sp³-hybridized carbons (Fsp3) is 0.182. The summed E-state index contributed by atoms with van der Waals surface area (Å²) in [5.41, 5.74) is 1.43. The van der Waals surface area contributed by atoms with E-state index in [9.17, 15) is 23.9 Å². The number of aromatic hydroxyl groups is 1. The van der Waals surface area contributed by atoms with Gasteiger partial charge in [0.05, 0.1) is 6.04 Å². The second-order valence-corrected chi connectivity index (χ2v) is 8.36. The van der Waals surface area contributed by atoms with E-state index in [1.807, 2.05) is 29.3 Å². The lowest BCUT2D eigenvalue weighted by Crippen LogP contribution is -2.47. The van der Waals surface area contributed by atoms with Crippen LogP contribution in [0.1, 0.15) is 34.8 Å². The van der Waals surface area contributed by atoms with Gasteiger partial charge in [-0.15, -0.1) is 11.8 Å². The van der Waals surface area contributed by atoms with Crippen molar-refractivity contribution in [1.29, 1.82) is 0 Å². The molecule has 2 aromatic carbocycles. The van der Waals surface area contributed by atoms with Crippen molar-refractivity contribution < 1.29 is 19.1 Å². The summed E-state index contributed by atoms with van der Waals surface area (Å²) in [6.07, 6.45) is 1.74. The minimum absolute atomic E-state index is 0.0831. The molecule has 0 aliphatic carbocycles.